The van der Waals surface area contributed by atoms with Gasteiger partial charge in [-0.2, -0.15) is 0 Å². The molecule has 1 aliphatic carbocycles. The van der Waals surface area contributed by atoms with Crippen molar-refractivity contribution in [2.24, 2.45) is 0 Å². The normalized spacial score (nSPS) is 17.1. The highest BCUT2D eigenvalue weighted by Gasteiger charge is 2.18. The van der Waals surface area contributed by atoms with Gasteiger partial charge in [0.2, 0.25) is 5.12 Å². The summed E-state index contributed by atoms with van der Waals surface area (Å²) >= 11 is 13.0. The topological polar surface area (TPSA) is 26.3 Å². The molecule has 0 heterocycles. The van der Waals surface area contributed by atoms with Crippen molar-refractivity contribution in [3.05, 3.63) is 22.8 Å². The second-order valence-electron chi connectivity index (χ2n) is 3.03. The molecule has 0 saturated carbocycles. The zero-order valence-corrected chi connectivity index (χ0v) is 14.7. The second-order valence-corrected chi connectivity index (χ2v) is 5.11. The van der Waals surface area contributed by atoms with Crippen LogP contribution in [-0.4, -0.2) is 30.0 Å². The molecule has 0 saturated heterocycles. The first kappa shape index (κ1) is 21.3. The summed E-state index contributed by atoms with van der Waals surface area (Å²) in [5.74, 6) is 0.640. The van der Waals surface area contributed by atoms with Gasteiger partial charge in [-0.25, -0.2) is 0 Å². The fraction of sp³-hybridized carbons (Fsp3) is 0.643. The van der Waals surface area contributed by atoms with E-state index in [0.717, 1.165) is 0 Å². The lowest BCUT2D eigenvalue weighted by Gasteiger charge is -2.12. The third-order valence-corrected chi connectivity index (χ3v) is 3.39. The van der Waals surface area contributed by atoms with Gasteiger partial charge in [-0.1, -0.05) is 63.2 Å². The van der Waals surface area contributed by atoms with Crippen molar-refractivity contribution in [1.82, 2.24) is 0 Å². The highest BCUT2D eigenvalue weighted by Crippen LogP contribution is 2.28. The largest absolute Gasteiger partial charge is 0.384 e. The van der Waals surface area contributed by atoms with Crippen LogP contribution in [0.5, 0.6) is 0 Å². The first-order chi connectivity index (χ1) is 9.15. The molecular weight excluding hydrogens is 303 g/mol. The fourth-order valence-corrected chi connectivity index (χ4v) is 2.57. The standard InChI is InChI=1S/C10H12Cl2O2S.2C2H6/c1-14-4-5-15-10(13)8-3-2-7(11)6-9(8)12;2*1-2/h2-3,7H,4-6H2,1H3;2*1-2H3. The van der Waals surface area contributed by atoms with E-state index in [9.17, 15) is 4.79 Å². The van der Waals surface area contributed by atoms with Gasteiger partial charge in [-0.05, 0) is 0 Å². The van der Waals surface area contributed by atoms with E-state index in [2.05, 4.69) is 0 Å². The molecule has 1 rings (SSSR count). The van der Waals surface area contributed by atoms with Crippen LogP contribution < -0.4 is 0 Å². The van der Waals surface area contributed by atoms with Crippen molar-refractivity contribution in [3.63, 3.8) is 0 Å². The van der Waals surface area contributed by atoms with Crippen LogP contribution >= 0.6 is 35.0 Å². The van der Waals surface area contributed by atoms with Gasteiger partial charge in [0.05, 0.1) is 12.0 Å². The zero-order chi connectivity index (χ0) is 15.3. The van der Waals surface area contributed by atoms with E-state index in [1.165, 1.54) is 11.8 Å². The molecule has 5 heteroatoms. The summed E-state index contributed by atoms with van der Waals surface area (Å²) in [7, 11) is 1.61. The molecule has 0 bridgehead atoms. The third kappa shape index (κ3) is 9.55. The van der Waals surface area contributed by atoms with Crippen molar-refractivity contribution in [1.29, 1.82) is 0 Å². The monoisotopic (exact) mass is 326 g/mol. The lowest BCUT2D eigenvalue weighted by molar-refractivity contribution is -0.107. The fourth-order valence-electron chi connectivity index (χ4n) is 1.11. The molecule has 0 spiro atoms. The molecule has 0 N–H and O–H groups in total. The number of carbonyl (C=O) groups is 1. The first-order valence-corrected chi connectivity index (χ1v) is 8.32. The molecule has 0 radical (unpaired) electrons. The smallest absolute Gasteiger partial charge is 0.220 e. The molecular formula is C14H24Cl2O2S. The maximum atomic E-state index is 11.7. The number of ether oxygens (including phenoxy) is 1. The van der Waals surface area contributed by atoms with Crippen LogP contribution in [0.3, 0.4) is 0 Å². The maximum absolute atomic E-state index is 11.7. The number of hydrogen-bond donors (Lipinski definition) is 0. The summed E-state index contributed by atoms with van der Waals surface area (Å²) < 4.78 is 4.86. The molecule has 2 nitrogen and oxygen atoms in total. The van der Waals surface area contributed by atoms with Gasteiger partial charge in [0, 0.05) is 29.9 Å². The minimum absolute atomic E-state index is 0.0168. The van der Waals surface area contributed by atoms with Gasteiger partial charge >= 0.3 is 0 Å². The molecule has 19 heavy (non-hydrogen) atoms. The zero-order valence-electron chi connectivity index (χ0n) is 12.3. The summed E-state index contributed by atoms with van der Waals surface area (Å²) in [4.78, 5) is 11.7. The van der Waals surface area contributed by atoms with Crippen LogP contribution in [0.15, 0.2) is 22.8 Å². The Balaban J connectivity index is 0. The van der Waals surface area contributed by atoms with Gasteiger partial charge < -0.3 is 4.74 Å². The lowest BCUT2D eigenvalue weighted by Crippen LogP contribution is -2.07. The van der Waals surface area contributed by atoms with E-state index < -0.39 is 0 Å². The summed E-state index contributed by atoms with van der Waals surface area (Å²) in [5, 5.41) is 0.433. The number of alkyl halides is 1. The Morgan fingerprint density at radius 1 is 1.42 bits per heavy atom. The second kappa shape index (κ2) is 14.4. The van der Waals surface area contributed by atoms with Gasteiger partial charge in [0.1, 0.15) is 0 Å². The van der Waals surface area contributed by atoms with Crippen molar-refractivity contribution >= 4 is 40.1 Å². The molecule has 0 aromatic carbocycles. The molecule has 1 aliphatic rings. The summed E-state index contributed by atoms with van der Waals surface area (Å²) in [5.41, 5.74) is 0.565. The Hall–Kier alpha value is 0.0400. The number of thioether (sulfide) groups is 1. The minimum atomic E-state index is -0.0991. The van der Waals surface area contributed by atoms with Crippen molar-refractivity contribution in [2.45, 2.75) is 39.5 Å². The number of rotatable bonds is 4. The molecule has 0 aromatic heterocycles. The Kier molecular flexibility index (Phi) is 16.2. The Bertz CT molecular complexity index is 302. The molecule has 1 atom stereocenters. The van der Waals surface area contributed by atoms with Crippen molar-refractivity contribution < 1.29 is 9.53 Å². The quantitative estimate of drug-likeness (QED) is 0.536. The maximum Gasteiger partial charge on any atom is 0.220 e. The van der Waals surface area contributed by atoms with E-state index in [-0.39, 0.29) is 10.5 Å². The van der Waals surface area contributed by atoms with Crippen molar-refractivity contribution in [2.75, 3.05) is 19.5 Å². The van der Waals surface area contributed by atoms with Gasteiger partial charge in [-0.15, -0.1) is 11.6 Å². The van der Waals surface area contributed by atoms with Gasteiger partial charge in [0.25, 0.3) is 0 Å². The predicted octanol–water partition coefficient (Wildman–Crippen LogP) is 5.01. The van der Waals surface area contributed by atoms with Crippen LogP contribution in [0.4, 0.5) is 0 Å². The third-order valence-electron chi connectivity index (χ3n) is 1.88. The summed E-state index contributed by atoms with van der Waals surface area (Å²) in [6.45, 7) is 8.56. The van der Waals surface area contributed by atoms with Crippen LogP contribution in [-0.2, 0) is 9.53 Å². The summed E-state index contributed by atoms with van der Waals surface area (Å²) in [6.07, 6.45) is 4.02. The average molecular weight is 327 g/mol. The van der Waals surface area contributed by atoms with Crippen LogP contribution in [0.1, 0.15) is 34.1 Å². The highest BCUT2D eigenvalue weighted by atomic mass is 35.5. The van der Waals surface area contributed by atoms with Crippen LogP contribution in [0.2, 0.25) is 0 Å². The van der Waals surface area contributed by atoms with E-state index in [0.29, 0.717) is 29.4 Å². The SMILES string of the molecule is CC.CC.COCCSC(=O)C1=C(Cl)CC(Cl)C=C1. The molecule has 0 fully saturated rings. The number of carbonyl (C=O) groups excluding carboxylic acids is 1. The molecule has 0 aromatic rings. The molecule has 112 valence electrons. The van der Waals surface area contributed by atoms with Crippen LogP contribution in [0, 0.1) is 0 Å². The Morgan fingerprint density at radius 3 is 2.47 bits per heavy atom. The number of hydrogen-bond acceptors (Lipinski definition) is 3. The Morgan fingerprint density at radius 2 is 2.00 bits per heavy atom. The number of methoxy groups -OCH3 is 1. The predicted molar refractivity (Wildman–Crippen MR) is 88.3 cm³/mol. The molecule has 0 aliphatic heterocycles. The van der Waals surface area contributed by atoms with Crippen molar-refractivity contribution in [3.8, 4) is 0 Å². The number of halogens is 2. The lowest BCUT2D eigenvalue weighted by atomic mass is 10.1. The van der Waals surface area contributed by atoms with Gasteiger partial charge in [0.15, 0.2) is 0 Å². The van der Waals surface area contributed by atoms with E-state index in [1.54, 1.807) is 19.3 Å². The van der Waals surface area contributed by atoms with E-state index in [4.69, 9.17) is 27.9 Å². The van der Waals surface area contributed by atoms with E-state index in [1.807, 2.05) is 27.7 Å². The number of allylic oxidation sites excluding steroid dienone is 3. The Labute approximate surface area is 131 Å². The first-order valence-electron chi connectivity index (χ1n) is 6.52. The summed E-state index contributed by atoms with van der Waals surface area (Å²) in [6, 6.07) is 0. The van der Waals surface area contributed by atoms with E-state index >= 15 is 0 Å². The minimum Gasteiger partial charge on any atom is -0.384 e. The highest BCUT2D eigenvalue weighted by molar-refractivity contribution is 8.14. The van der Waals surface area contributed by atoms with Crippen LogP contribution in [0.25, 0.3) is 0 Å². The molecule has 1 unspecified atom stereocenters. The molecule has 0 amide bonds. The average Bonchev–Trinajstić information content (AvgIpc) is 2.43. The van der Waals surface area contributed by atoms with Gasteiger partial charge in [-0.3, -0.25) is 4.79 Å².